The molecule has 4 nitrogen and oxygen atoms in total. The minimum atomic E-state index is -0.241. The van der Waals surface area contributed by atoms with Gasteiger partial charge in [0.2, 0.25) is 0 Å². The lowest BCUT2D eigenvalue weighted by atomic mass is 10.1. The predicted molar refractivity (Wildman–Crippen MR) is 105 cm³/mol. The number of para-hydroxylation sites is 1. The molecule has 3 rings (SSSR count). The first-order chi connectivity index (χ1) is 12.7. The van der Waals surface area contributed by atoms with Crippen molar-refractivity contribution in [2.24, 2.45) is 0 Å². The zero-order valence-corrected chi connectivity index (χ0v) is 14.7. The maximum Gasteiger partial charge on any atom is 0.262 e. The van der Waals surface area contributed by atoms with Crippen molar-refractivity contribution >= 4 is 34.8 Å². The molecule has 0 bridgehead atoms. The third-order valence-corrected chi connectivity index (χ3v) is 4.24. The summed E-state index contributed by atoms with van der Waals surface area (Å²) in [6.45, 7) is -0.0970. The number of carbonyl (C=O) groups excluding carboxylic acids is 2. The molecule has 0 fully saturated rings. The summed E-state index contributed by atoms with van der Waals surface area (Å²) in [6.07, 6.45) is 3.34. The van der Waals surface area contributed by atoms with Gasteiger partial charge in [-0.2, -0.15) is 11.3 Å². The molecule has 130 valence electrons. The third kappa shape index (κ3) is 5.16. The Bertz CT molecular complexity index is 885. The molecule has 3 aromatic rings. The van der Waals surface area contributed by atoms with Crippen molar-refractivity contribution < 1.29 is 14.3 Å². The number of amides is 1. The Morgan fingerprint density at radius 1 is 1.00 bits per heavy atom. The minimum Gasteiger partial charge on any atom is -0.484 e. The molecule has 0 radical (unpaired) electrons. The second-order valence-electron chi connectivity index (χ2n) is 5.48. The maximum absolute atomic E-state index is 12.1. The van der Waals surface area contributed by atoms with E-state index in [0.717, 1.165) is 11.3 Å². The summed E-state index contributed by atoms with van der Waals surface area (Å²) in [5.41, 5.74) is 2.30. The van der Waals surface area contributed by atoms with Crippen LogP contribution in [0.15, 0.2) is 77.5 Å². The van der Waals surface area contributed by atoms with Gasteiger partial charge in [0.15, 0.2) is 12.4 Å². The van der Waals surface area contributed by atoms with Gasteiger partial charge in [-0.15, -0.1) is 0 Å². The summed E-state index contributed by atoms with van der Waals surface area (Å²) in [5, 5.41) is 6.68. The van der Waals surface area contributed by atoms with Crippen molar-refractivity contribution in [3.8, 4) is 5.75 Å². The lowest BCUT2D eigenvalue weighted by Gasteiger charge is -2.07. The topological polar surface area (TPSA) is 55.4 Å². The first kappa shape index (κ1) is 17.6. The standard InChI is InChI=1S/C21H17NO3S/c23-20(11-6-16-12-13-26-15-16)17-7-9-19(10-8-17)25-14-21(24)22-18-4-2-1-3-5-18/h1-13,15H,14H2,(H,22,24)/b11-6+. The summed E-state index contributed by atoms with van der Waals surface area (Å²) in [4.78, 5) is 24.0. The van der Waals surface area contributed by atoms with Gasteiger partial charge in [-0.25, -0.2) is 0 Å². The van der Waals surface area contributed by atoms with E-state index in [1.807, 2.05) is 47.2 Å². The molecule has 0 aliphatic rings. The Morgan fingerprint density at radius 3 is 2.46 bits per heavy atom. The van der Waals surface area contributed by atoms with E-state index in [1.54, 1.807) is 47.8 Å². The zero-order valence-electron chi connectivity index (χ0n) is 13.9. The Morgan fingerprint density at radius 2 is 1.77 bits per heavy atom. The van der Waals surface area contributed by atoms with E-state index in [2.05, 4.69) is 5.32 Å². The molecule has 26 heavy (non-hydrogen) atoms. The summed E-state index contributed by atoms with van der Waals surface area (Å²) in [7, 11) is 0. The van der Waals surface area contributed by atoms with Gasteiger partial charge in [-0.05, 0) is 64.9 Å². The SMILES string of the molecule is O=C(COc1ccc(C(=O)/C=C/c2ccsc2)cc1)Nc1ccccc1. The highest BCUT2D eigenvalue weighted by Crippen LogP contribution is 2.14. The molecule has 0 spiro atoms. The van der Waals surface area contributed by atoms with Gasteiger partial charge in [0.25, 0.3) is 5.91 Å². The number of hydrogen-bond donors (Lipinski definition) is 1. The van der Waals surface area contributed by atoms with Crippen LogP contribution in [0.2, 0.25) is 0 Å². The van der Waals surface area contributed by atoms with Gasteiger partial charge < -0.3 is 10.1 Å². The Balaban J connectivity index is 1.51. The number of ether oxygens (including phenoxy) is 1. The fraction of sp³-hybridized carbons (Fsp3) is 0.0476. The van der Waals surface area contributed by atoms with Crippen LogP contribution in [0, 0.1) is 0 Å². The lowest BCUT2D eigenvalue weighted by Crippen LogP contribution is -2.20. The first-order valence-corrected chi connectivity index (χ1v) is 8.97. The molecule has 0 saturated heterocycles. The molecule has 0 aliphatic carbocycles. The fourth-order valence-corrected chi connectivity index (χ4v) is 2.85. The first-order valence-electron chi connectivity index (χ1n) is 8.03. The van der Waals surface area contributed by atoms with Crippen LogP contribution in [0.4, 0.5) is 5.69 Å². The molecule has 0 aliphatic heterocycles. The van der Waals surface area contributed by atoms with Crippen molar-refractivity contribution in [3.63, 3.8) is 0 Å². The summed E-state index contributed by atoms with van der Waals surface area (Å²) in [6, 6.07) is 17.9. The average molecular weight is 363 g/mol. The van der Waals surface area contributed by atoms with Crippen molar-refractivity contribution in [2.75, 3.05) is 11.9 Å². The van der Waals surface area contributed by atoms with Gasteiger partial charge in [-0.3, -0.25) is 9.59 Å². The predicted octanol–water partition coefficient (Wildman–Crippen LogP) is 4.66. The number of benzene rings is 2. The molecule has 0 saturated carbocycles. The van der Waals surface area contributed by atoms with Gasteiger partial charge in [-0.1, -0.05) is 24.3 Å². The number of hydrogen-bond acceptors (Lipinski definition) is 4. The van der Waals surface area contributed by atoms with Crippen LogP contribution in [0.3, 0.4) is 0 Å². The van der Waals surface area contributed by atoms with Gasteiger partial charge >= 0.3 is 0 Å². The van der Waals surface area contributed by atoms with E-state index >= 15 is 0 Å². The Hall–Kier alpha value is -3.18. The van der Waals surface area contributed by atoms with Gasteiger partial charge in [0, 0.05) is 11.3 Å². The molecular formula is C21H17NO3S. The van der Waals surface area contributed by atoms with E-state index in [-0.39, 0.29) is 18.3 Å². The molecular weight excluding hydrogens is 346 g/mol. The summed E-state index contributed by atoms with van der Waals surface area (Å²) < 4.78 is 5.45. The molecule has 1 heterocycles. The molecule has 1 aromatic heterocycles. The monoisotopic (exact) mass is 363 g/mol. The molecule has 0 unspecified atom stereocenters. The van der Waals surface area contributed by atoms with E-state index < -0.39 is 0 Å². The van der Waals surface area contributed by atoms with Crippen molar-refractivity contribution in [1.82, 2.24) is 0 Å². The Kier molecular flexibility index (Phi) is 5.96. The van der Waals surface area contributed by atoms with Crippen LogP contribution in [-0.4, -0.2) is 18.3 Å². The highest BCUT2D eigenvalue weighted by Gasteiger charge is 2.05. The van der Waals surface area contributed by atoms with Crippen LogP contribution in [0.1, 0.15) is 15.9 Å². The number of ketones is 1. The van der Waals surface area contributed by atoms with E-state index in [0.29, 0.717) is 11.3 Å². The number of carbonyl (C=O) groups is 2. The third-order valence-electron chi connectivity index (χ3n) is 3.54. The van der Waals surface area contributed by atoms with Crippen molar-refractivity contribution in [2.45, 2.75) is 0 Å². The van der Waals surface area contributed by atoms with Crippen molar-refractivity contribution in [3.05, 3.63) is 88.6 Å². The molecule has 2 aromatic carbocycles. The zero-order chi connectivity index (χ0) is 18.2. The number of nitrogens with one attached hydrogen (secondary N) is 1. The number of thiophene rings is 1. The smallest absolute Gasteiger partial charge is 0.262 e. The van der Waals surface area contributed by atoms with Crippen LogP contribution in [0.5, 0.6) is 5.75 Å². The molecule has 1 N–H and O–H groups in total. The molecule has 0 atom stereocenters. The van der Waals surface area contributed by atoms with Crippen LogP contribution in [-0.2, 0) is 4.79 Å². The van der Waals surface area contributed by atoms with Crippen molar-refractivity contribution in [1.29, 1.82) is 0 Å². The Labute approximate surface area is 155 Å². The molecule has 5 heteroatoms. The fourth-order valence-electron chi connectivity index (χ4n) is 2.22. The summed E-state index contributed by atoms with van der Waals surface area (Å²) >= 11 is 1.59. The minimum absolute atomic E-state index is 0.0791. The summed E-state index contributed by atoms with van der Waals surface area (Å²) in [5.74, 6) is 0.214. The van der Waals surface area contributed by atoms with Crippen LogP contribution >= 0.6 is 11.3 Å². The average Bonchev–Trinajstić information content (AvgIpc) is 3.19. The highest BCUT2D eigenvalue weighted by atomic mass is 32.1. The van der Waals surface area contributed by atoms with E-state index in [4.69, 9.17) is 4.74 Å². The quantitative estimate of drug-likeness (QED) is 0.490. The number of rotatable bonds is 7. The van der Waals surface area contributed by atoms with Gasteiger partial charge in [0.1, 0.15) is 5.75 Å². The largest absolute Gasteiger partial charge is 0.484 e. The lowest BCUT2D eigenvalue weighted by molar-refractivity contribution is -0.118. The molecule has 1 amide bonds. The van der Waals surface area contributed by atoms with E-state index in [9.17, 15) is 9.59 Å². The van der Waals surface area contributed by atoms with E-state index in [1.165, 1.54) is 0 Å². The van der Waals surface area contributed by atoms with Gasteiger partial charge in [0.05, 0.1) is 0 Å². The maximum atomic E-state index is 12.1. The van der Waals surface area contributed by atoms with Crippen LogP contribution in [0.25, 0.3) is 6.08 Å². The number of allylic oxidation sites excluding steroid dienone is 1. The highest BCUT2D eigenvalue weighted by molar-refractivity contribution is 7.08. The normalized spacial score (nSPS) is 10.6. The second kappa shape index (κ2) is 8.78. The second-order valence-corrected chi connectivity index (χ2v) is 6.26. The number of anilines is 1. The van der Waals surface area contributed by atoms with Crippen LogP contribution < -0.4 is 10.1 Å².